The normalized spacial score (nSPS) is 27.4. The van der Waals surface area contributed by atoms with Gasteiger partial charge >= 0.3 is 23.9 Å². The average Bonchev–Trinajstić information content (AvgIpc) is 1.07. The molecule has 3 saturated heterocycles. The van der Waals surface area contributed by atoms with E-state index in [0.29, 0.717) is 25.3 Å². The van der Waals surface area contributed by atoms with Crippen LogP contribution in [-0.2, 0) is 55.8 Å². The summed E-state index contributed by atoms with van der Waals surface area (Å²) in [4.78, 5) is 53.2. The summed E-state index contributed by atoms with van der Waals surface area (Å²) in [5.74, 6) is -13.4. The Labute approximate surface area is 537 Å². The van der Waals surface area contributed by atoms with Gasteiger partial charge in [0.1, 0.15) is 72.8 Å². The van der Waals surface area contributed by atoms with Crippen molar-refractivity contribution < 1.29 is 133 Å². The van der Waals surface area contributed by atoms with Crippen molar-refractivity contribution in [3.63, 3.8) is 0 Å². The van der Waals surface area contributed by atoms with Crippen LogP contribution >= 0.6 is 0 Å². The average molecular weight is 1310 g/mol. The van der Waals surface area contributed by atoms with Crippen molar-refractivity contribution in [1.29, 1.82) is 0 Å². The van der Waals surface area contributed by atoms with Gasteiger partial charge in [0, 0.05) is 45.2 Å². The largest absolute Gasteiger partial charge is 0.508 e. The third-order valence-electron chi connectivity index (χ3n) is 17.4. The maximum absolute atomic E-state index is 13.8. The molecule has 27 heteroatoms. The molecule has 11 rings (SSSR count). The van der Waals surface area contributed by atoms with Gasteiger partial charge in [-0.25, -0.2) is 19.2 Å². The number of cyclic esters (lactones) is 2. The number of carbonyl (C=O) groups excluding carboxylic acids is 4. The number of hydrogen-bond donors (Lipinski definition) is 14. The van der Waals surface area contributed by atoms with Gasteiger partial charge in [0.2, 0.25) is 11.5 Å². The second kappa shape index (κ2) is 28.6. The van der Waals surface area contributed by atoms with Crippen molar-refractivity contribution in [2.75, 3.05) is 19.8 Å². The Bertz CT molecular complexity index is 3780. The standard InChI is InChI=1S/C31H32O10.C21H20O13.C15H22O4/c1-14-21(32)10-19-24(26(14)34)25-20(11-22(33)15(2)27(25)35)31(37)41-29-16(3)28(38-12-18-8-6-5-7-9-18)17(4)40-23(29)13-39-30(19)36;1-5-13(24)18(29)19-10(33-5)4-32-20(30)6-2-8(22)14(25)16(27)11(6)12-7(21(31)34-19)3-9(23)15(26)17(12)28;1-10-14(17)13(8-16)19-11(2)15(10)18-9-12-6-4-3-5-7-12/h5-11,16-17,23,28-29,32-35H,12-13H2,1-4H3;2-3,5,10,13,18-19,22-29H,4H2,1H3;3-7,10-11,13-17H,8-9H2,1-2H3/t16-,17-,23?,28?,29+;5-,10?,13?,18-,19-;10-,11+,13?,14-,15?/m110/s1. The monoisotopic (exact) mass is 1310 g/mol. The van der Waals surface area contributed by atoms with Crippen molar-refractivity contribution >= 4 is 23.9 Å². The number of phenolic OH excluding ortho intramolecular Hbond substituents is 10. The van der Waals surface area contributed by atoms with Gasteiger partial charge < -0.3 is 114 Å². The lowest BCUT2D eigenvalue weighted by Crippen LogP contribution is -2.59. The van der Waals surface area contributed by atoms with E-state index in [2.05, 4.69) is 0 Å². The molecule has 94 heavy (non-hydrogen) atoms. The SMILES string of the molecule is C[C@@H]1C(OCc2ccccc2)[C@@H](C)OC(CO)[C@H]1O.C[C@H]1OC2COC(=O)c3cc(O)c(O)c(O)c3-c3c(cc(O)c(O)c3O)C(=O)O[C@H]2[C@H](O)C1O.Cc1c(O)cc2c(c1O)-c1c(cc(O)c(C)c1O)C(=O)O[C@@H]1C(COC2=O)O[C@H](C)C(OCc2ccccc2)[C@H]1C. The van der Waals surface area contributed by atoms with Gasteiger partial charge in [0.25, 0.3) is 0 Å². The van der Waals surface area contributed by atoms with Crippen molar-refractivity contribution in [3.05, 3.63) is 129 Å². The lowest BCUT2D eigenvalue weighted by Gasteiger charge is -2.43. The minimum absolute atomic E-state index is 0.00584. The lowest BCUT2D eigenvalue weighted by molar-refractivity contribution is -0.224. The molecule has 14 N–H and O–H groups in total. The molecule has 0 radical (unpaired) electrons. The first-order chi connectivity index (χ1) is 44.6. The van der Waals surface area contributed by atoms with Crippen molar-refractivity contribution in [1.82, 2.24) is 0 Å². The summed E-state index contributed by atoms with van der Waals surface area (Å²) in [6.45, 7) is 11.4. The Morgan fingerprint density at radius 1 is 0.426 bits per heavy atom. The molecule has 0 amide bonds. The Morgan fingerprint density at radius 2 is 0.798 bits per heavy atom. The van der Waals surface area contributed by atoms with Gasteiger partial charge in [0.05, 0.1) is 78.7 Å². The van der Waals surface area contributed by atoms with Gasteiger partial charge in [0.15, 0.2) is 29.1 Å². The molecule has 15 atom stereocenters. The van der Waals surface area contributed by atoms with Gasteiger partial charge in [-0.2, -0.15) is 0 Å². The van der Waals surface area contributed by atoms with Crippen LogP contribution in [0, 0.1) is 25.7 Å². The van der Waals surface area contributed by atoms with Crippen LogP contribution < -0.4 is 0 Å². The number of fused-ring (bicyclic) bond motifs is 8. The number of ether oxygens (including phenoxy) is 9. The molecular formula is C67H74O27. The number of benzene rings is 6. The summed E-state index contributed by atoms with van der Waals surface area (Å²) < 4.78 is 51.3. The predicted octanol–water partition coefficient (Wildman–Crippen LogP) is 5.64. The molecule has 3 fully saturated rings. The highest BCUT2D eigenvalue weighted by Crippen LogP contribution is 2.54. The summed E-state index contributed by atoms with van der Waals surface area (Å²) in [6, 6.07) is 23.0. The molecule has 0 saturated carbocycles. The molecule has 6 aromatic rings. The number of phenols is 10. The molecule has 0 aliphatic carbocycles. The van der Waals surface area contributed by atoms with Gasteiger partial charge in [-0.05, 0) is 70.0 Å². The van der Waals surface area contributed by atoms with Gasteiger partial charge in [-0.3, -0.25) is 0 Å². The van der Waals surface area contributed by atoms with E-state index in [1.165, 1.54) is 20.8 Å². The van der Waals surface area contributed by atoms with Gasteiger partial charge in [-0.1, -0.05) is 74.5 Å². The lowest BCUT2D eigenvalue weighted by atomic mass is 9.87. The number of hydrogen-bond acceptors (Lipinski definition) is 27. The summed E-state index contributed by atoms with van der Waals surface area (Å²) in [7, 11) is 0. The predicted molar refractivity (Wildman–Crippen MR) is 325 cm³/mol. The highest BCUT2D eigenvalue weighted by molar-refractivity contribution is 6.09. The Kier molecular flexibility index (Phi) is 21.0. The Hall–Kier alpha value is -9.16. The van der Waals surface area contributed by atoms with E-state index in [0.717, 1.165) is 23.3 Å². The molecule has 6 aromatic carbocycles. The smallest absolute Gasteiger partial charge is 0.339 e. The van der Waals surface area contributed by atoms with Crippen molar-refractivity contribution in [2.24, 2.45) is 11.8 Å². The highest BCUT2D eigenvalue weighted by Gasteiger charge is 2.49. The van der Waals surface area contributed by atoms with Crippen LogP contribution in [0.5, 0.6) is 57.5 Å². The molecular weight excluding hydrogens is 1240 g/mol. The summed E-state index contributed by atoms with van der Waals surface area (Å²) >= 11 is 0. The maximum Gasteiger partial charge on any atom is 0.339 e. The number of aliphatic hydroxyl groups is 4. The fourth-order valence-electron chi connectivity index (χ4n) is 12.1. The number of aliphatic hydroxyl groups excluding tert-OH is 4. The third-order valence-corrected chi connectivity index (χ3v) is 17.4. The number of carbonyl (C=O) groups is 4. The quantitative estimate of drug-likeness (QED) is 0.0522. The first kappa shape index (κ1) is 69.2. The summed E-state index contributed by atoms with van der Waals surface area (Å²) in [5, 5.41) is 144. The zero-order valence-electron chi connectivity index (χ0n) is 51.8. The fourth-order valence-corrected chi connectivity index (χ4v) is 12.1. The molecule has 6 unspecified atom stereocenters. The molecule has 5 aliphatic rings. The van der Waals surface area contributed by atoms with Gasteiger partial charge in [-0.15, -0.1) is 0 Å². The van der Waals surface area contributed by atoms with E-state index in [1.54, 1.807) is 0 Å². The number of esters is 4. The molecule has 0 aromatic heterocycles. The molecule has 27 nitrogen and oxygen atoms in total. The molecule has 0 bridgehead atoms. The number of aromatic hydroxyl groups is 10. The number of rotatable bonds is 7. The molecule has 5 aliphatic heterocycles. The minimum Gasteiger partial charge on any atom is -0.508 e. The van der Waals surface area contributed by atoms with Crippen LogP contribution in [0.2, 0.25) is 0 Å². The molecule has 504 valence electrons. The Morgan fingerprint density at radius 3 is 1.24 bits per heavy atom. The zero-order chi connectivity index (χ0) is 68.5. The first-order valence-corrected chi connectivity index (χ1v) is 29.9. The molecule has 5 heterocycles. The van der Waals surface area contributed by atoms with Crippen LogP contribution in [0.25, 0.3) is 22.3 Å². The van der Waals surface area contributed by atoms with E-state index in [1.807, 2.05) is 88.4 Å². The second-order valence-corrected chi connectivity index (χ2v) is 23.6. The van der Waals surface area contributed by atoms with Crippen LogP contribution in [0.15, 0.2) is 84.9 Å². The zero-order valence-corrected chi connectivity index (χ0v) is 51.8. The van der Waals surface area contributed by atoms with E-state index in [4.69, 9.17) is 47.7 Å². The third kappa shape index (κ3) is 13.8. The van der Waals surface area contributed by atoms with Crippen LogP contribution in [0.3, 0.4) is 0 Å². The van der Waals surface area contributed by atoms with E-state index >= 15 is 0 Å². The highest BCUT2D eigenvalue weighted by atomic mass is 16.6. The minimum atomic E-state index is -1.69. The van der Waals surface area contributed by atoms with E-state index in [-0.39, 0.29) is 70.5 Å². The second-order valence-electron chi connectivity index (χ2n) is 23.6. The summed E-state index contributed by atoms with van der Waals surface area (Å²) in [6.07, 6.45) is -11.3. The first-order valence-electron chi connectivity index (χ1n) is 29.9. The van der Waals surface area contributed by atoms with Crippen LogP contribution in [0.1, 0.15) is 98.3 Å². The van der Waals surface area contributed by atoms with Crippen molar-refractivity contribution in [2.45, 2.75) is 141 Å². The van der Waals surface area contributed by atoms with Crippen molar-refractivity contribution in [3.8, 4) is 79.7 Å². The topological polar surface area (TPSA) is 435 Å². The van der Waals surface area contributed by atoms with E-state index in [9.17, 15) is 85.6 Å². The summed E-state index contributed by atoms with van der Waals surface area (Å²) in [5.41, 5.74) is -1.88. The van der Waals surface area contributed by atoms with Crippen LogP contribution in [0.4, 0.5) is 0 Å². The van der Waals surface area contributed by atoms with E-state index < -0.39 is 178 Å². The molecule has 0 spiro atoms. The maximum atomic E-state index is 13.8. The fraction of sp³-hybridized carbons (Fsp3) is 0.403. The Balaban J connectivity index is 0.000000177. The van der Waals surface area contributed by atoms with Crippen LogP contribution in [-0.4, -0.2) is 195 Å².